The summed E-state index contributed by atoms with van der Waals surface area (Å²) in [7, 11) is 0. The van der Waals surface area contributed by atoms with Crippen molar-refractivity contribution in [3.63, 3.8) is 0 Å². The summed E-state index contributed by atoms with van der Waals surface area (Å²) in [5.74, 6) is -0.104. The van der Waals surface area contributed by atoms with Crippen LogP contribution in [0.4, 0.5) is 0 Å². The topological polar surface area (TPSA) is 64.7 Å². The van der Waals surface area contributed by atoms with Gasteiger partial charge in [-0.15, -0.1) is 0 Å². The van der Waals surface area contributed by atoms with Crippen molar-refractivity contribution >= 4 is 5.91 Å². The SMILES string of the molecule is CC(NC(=O)c1ccc(-n2cccn2)cc1)c1ccc(-n2ccnc2)cc1. The van der Waals surface area contributed by atoms with Gasteiger partial charge in [-0.2, -0.15) is 5.10 Å². The molecule has 1 N–H and O–H groups in total. The van der Waals surface area contributed by atoms with E-state index in [0.717, 1.165) is 16.9 Å². The summed E-state index contributed by atoms with van der Waals surface area (Å²) in [5.41, 5.74) is 3.61. The van der Waals surface area contributed by atoms with Crippen LogP contribution in [-0.4, -0.2) is 25.2 Å². The van der Waals surface area contributed by atoms with Gasteiger partial charge in [-0.1, -0.05) is 12.1 Å². The molecule has 2 aromatic heterocycles. The molecule has 1 atom stereocenters. The molecule has 4 rings (SSSR count). The lowest BCUT2D eigenvalue weighted by Gasteiger charge is -2.15. The molecule has 0 spiro atoms. The van der Waals surface area contributed by atoms with Crippen LogP contribution in [0.5, 0.6) is 0 Å². The lowest BCUT2D eigenvalue weighted by molar-refractivity contribution is 0.0940. The van der Waals surface area contributed by atoms with Crippen molar-refractivity contribution < 1.29 is 4.79 Å². The molecule has 0 saturated heterocycles. The number of aromatic nitrogens is 4. The van der Waals surface area contributed by atoms with Crippen LogP contribution in [0, 0.1) is 0 Å². The standard InChI is InChI=1S/C21H19N5O/c1-16(17-3-7-19(8-4-17)25-14-12-22-15-25)24-21(27)18-5-9-20(10-6-18)26-13-2-11-23-26/h2-16H,1H3,(H,24,27). The second-order valence-electron chi connectivity index (χ2n) is 6.25. The van der Waals surface area contributed by atoms with Crippen molar-refractivity contribution in [2.45, 2.75) is 13.0 Å². The van der Waals surface area contributed by atoms with Gasteiger partial charge in [0.1, 0.15) is 0 Å². The molecule has 0 fully saturated rings. The van der Waals surface area contributed by atoms with Crippen molar-refractivity contribution in [1.29, 1.82) is 0 Å². The molecule has 0 aliphatic heterocycles. The fourth-order valence-electron chi connectivity index (χ4n) is 2.90. The van der Waals surface area contributed by atoms with Gasteiger partial charge in [-0.25, -0.2) is 9.67 Å². The number of amides is 1. The van der Waals surface area contributed by atoms with Crippen LogP contribution in [0.2, 0.25) is 0 Å². The average Bonchev–Trinajstić information content (AvgIpc) is 3.42. The Morgan fingerprint density at radius 3 is 2.33 bits per heavy atom. The predicted molar refractivity (Wildman–Crippen MR) is 103 cm³/mol. The van der Waals surface area contributed by atoms with Crippen molar-refractivity contribution in [1.82, 2.24) is 24.6 Å². The number of hydrogen-bond donors (Lipinski definition) is 1. The van der Waals surface area contributed by atoms with Crippen LogP contribution < -0.4 is 5.32 Å². The molecule has 0 bridgehead atoms. The van der Waals surface area contributed by atoms with E-state index in [1.807, 2.05) is 66.3 Å². The fourth-order valence-corrected chi connectivity index (χ4v) is 2.90. The Labute approximate surface area is 157 Å². The molecule has 134 valence electrons. The van der Waals surface area contributed by atoms with Gasteiger partial charge in [-0.05, 0) is 55.0 Å². The number of hydrogen-bond acceptors (Lipinski definition) is 3. The van der Waals surface area contributed by atoms with Crippen molar-refractivity contribution in [2.24, 2.45) is 0 Å². The molecule has 1 amide bonds. The Bertz CT molecular complexity index is 1000. The van der Waals surface area contributed by atoms with Crippen LogP contribution in [0.15, 0.2) is 85.7 Å². The molecule has 2 aromatic carbocycles. The van der Waals surface area contributed by atoms with Crippen LogP contribution in [0.1, 0.15) is 28.9 Å². The lowest BCUT2D eigenvalue weighted by atomic mass is 10.1. The third kappa shape index (κ3) is 3.64. The third-order valence-electron chi connectivity index (χ3n) is 4.44. The van der Waals surface area contributed by atoms with Crippen LogP contribution >= 0.6 is 0 Å². The zero-order valence-electron chi connectivity index (χ0n) is 14.9. The smallest absolute Gasteiger partial charge is 0.251 e. The Morgan fingerprint density at radius 2 is 1.70 bits per heavy atom. The van der Waals surface area contributed by atoms with Gasteiger partial charge in [0.25, 0.3) is 5.91 Å². The van der Waals surface area contributed by atoms with E-state index in [1.54, 1.807) is 35.5 Å². The first-order valence-electron chi connectivity index (χ1n) is 8.70. The van der Waals surface area contributed by atoms with E-state index in [2.05, 4.69) is 15.4 Å². The first-order chi connectivity index (χ1) is 13.2. The zero-order valence-corrected chi connectivity index (χ0v) is 14.9. The number of imidazole rings is 1. The predicted octanol–water partition coefficient (Wildman–Crippen LogP) is 3.55. The highest BCUT2D eigenvalue weighted by atomic mass is 16.1. The fraction of sp³-hybridized carbons (Fsp3) is 0.0952. The highest BCUT2D eigenvalue weighted by Crippen LogP contribution is 2.17. The molecule has 0 radical (unpaired) electrons. The number of carbonyl (C=O) groups is 1. The van der Waals surface area contributed by atoms with Gasteiger partial charge < -0.3 is 9.88 Å². The highest BCUT2D eigenvalue weighted by Gasteiger charge is 2.12. The normalized spacial score (nSPS) is 11.9. The van der Waals surface area contributed by atoms with E-state index < -0.39 is 0 Å². The Morgan fingerprint density at radius 1 is 0.963 bits per heavy atom. The summed E-state index contributed by atoms with van der Waals surface area (Å²) in [6.07, 6.45) is 8.99. The van der Waals surface area contributed by atoms with E-state index >= 15 is 0 Å². The Kier molecular flexibility index (Phi) is 4.53. The van der Waals surface area contributed by atoms with Crippen molar-refractivity contribution in [3.05, 3.63) is 96.8 Å². The molecular formula is C21H19N5O. The third-order valence-corrected chi connectivity index (χ3v) is 4.44. The first-order valence-corrected chi connectivity index (χ1v) is 8.70. The van der Waals surface area contributed by atoms with Crippen LogP contribution in [-0.2, 0) is 0 Å². The largest absolute Gasteiger partial charge is 0.346 e. The molecule has 1 unspecified atom stereocenters. The average molecular weight is 357 g/mol. The second kappa shape index (κ2) is 7.29. The maximum atomic E-state index is 12.5. The summed E-state index contributed by atoms with van der Waals surface area (Å²) in [6, 6.07) is 17.2. The summed E-state index contributed by atoms with van der Waals surface area (Å²) in [6.45, 7) is 1.97. The van der Waals surface area contributed by atoms with Gasteiger partial charge in [0, 0.05) is 36.0 Å². The first kappa shape index (κ1) is 16.8. The van der Waals surface area contributed by atoms with Crippen molar-refractivity contribution in [2.75, 3.05) is 0 Å². The molecule has 6 heteroatoms. The number of nitrogens with one attached hydrogen (secondary N) is 1. The minimum Gasteiger partial charge on any atom is -0.346 e. The number of rotatable bonds is 5. The van der Waals surface area contributed by atoms with E-state index in [0.29, 0.717) is 5.56 Å². The van der Waals surface area contributed by atoms with Crippen LogP contribution in [0.25, 0.3) is 11.4 Å². The van der Waals surface area contributed by atoms with Gasteiger partial charge in [0.05, 0.1) is 18.1 Å². The second-order valence-corrected chi connectivity index (χ2v) is 6.25. The molecular weight excluding hydrogens is 338 g/mol. The summed E-state index contributed by atoms with van der Waals surface area (Å²) in [4.78, 5) is 16.6. The molecule has 2 heterocycles. The van der Waals surface area contributed by atoms with Gasteiger partial charge in [-0.3, -0.25) is 4.79 Å². The van der Waals surface area contributed by atoms with E-state index in [-0.39, 0.29) is 11.9 Å². The van der Waals surface area contributed by atoms with Gasteiger partial charge in [0.15, 0.2) is 0 Å². The van der Waals surface area contributed by atoms with Crippen LogP contribution in [0.3, 0.4) is 0 Å². The van der Waals surface area contributed by atoms with E-state index in [1.165, 1.54) is 0 Å². The number of benzene rings is 2. The summed E-state index contributed by atoms with van der Waals surface area (Å²) >= 11 is 0. The highest BCUT2D eigenvalue weighted by molar-refractivity contribution is 5.94. The number of carbonyl (C=O) groups excluding carboxylic acids is 1. The molecule has 6 nitrogen and oxygen atoms in total. The summed E-state index contributed by atoms with van der Waals surface area (Å²) < 4.78 is 3.69. The lowest BCUT2D eigenvalue weighted by Crippen LogP contribution is -2.26. The Hall–Kier alpha value is -3.67. The quantitative estimate of drug-likeness (QED) is 0.594. The zero-order chi connectivity index (χ0) is 18.6. The van der Waals surface area contributed by atoms with Gasteiger partial charge in [0.2, 0.25) is 0 Å². The monoisotopic (exact) mass is 357 g/mol. The van der Waals surface area contributed by atoms with E-state index in [9.17, 15) is 4.79 Å². The summed E-state index contributed by atoms with van der Waals surface area (Å²) in [5, 5.41) is 7.23. The minimum absolute atomic E-state index is 0.0971. The van der Waals surface area contributed by atoms with Crippen molar-refractivity contribution in [3.8, 4) is 11.4 Å². The minimum atomic E-state index is -0.104. The molecule has 0 aliphatic carbocycles. The molecule has 27 heavy (non-hydrogen) atoms. The Balaban J connectivity index is 1.43. The molecule has 0 saturated carbocycles. The molecule has 4 aromatic rings. The maximum Gasteiger partial charge on any atom is 0.251 e. The molecule has 0 aliphatic rings. The maximum absolute atomic E-state index is 12.5. The van der Waals surface area contributed by atoms with E-state index in [4.69, 9.17) is 0 Å². The number of nitrogens with zero attached hydrogens (tertiary/aromatic N) is 4. The van der Waals surface area contributed by atoms with Gasteiger partial charge >= 0.3 is 0 Å².